The average molecular weight is 417 g/mol. The third-order valence-electron chi connectivity index (χ3n) is 4.18. The largest absolute Gasteiger partial charge is 1.00 e. The Balaban J connectivity index is 0.00000364. The van der Waals surface area contributed by atoms with Gasteiger partial charge in [0.25, 0.3) is 10.1 Å². The first-order chi connectivity index (χ1) is 12.4. The maximum atomic E-state index is 12.2. The number of hydrogen-bond acceptors (Lipinski definition) is 4. The molecule has 0 aromatic heterocycles. The molecule has 2 aromatic carbocycles. The predicted octanol–water partition coefficient (Wildman–Crippen LogP) is 1.71. The molecule has 0 radical (unpaired) electrons. The fourth-order valence-corrected chi connectivity index (χ4v) is 3.56. The first-order valence-electron chi connectivity index (χ1n) is 8.96. The quantitative estimate of drug-likeness (QED) is 0.362. The molecule has 0 heterocycles. The zero-order chi connectivity index (χ0) is 19.0. The molecule has 0 saturated heterocycles. The van der Waals surface area contributed by atoms with Crippen molar-refractivity contribution < 1.29 is 74.2 Å². The van der Waals surface area contributed by atoms with Crippen molar-refractivity contribution in [2.45, 2.75) is 56.8 Å². The van der Waals surface area contributed by atoms with Gasteiger partial charge in [0.2, 0.25) is 0 Å². The van der Waals surface area contributed by atoms with Crippen LogP contribution in [0.4, 0.5) is 0 Å². The number of rotatable bonds is 10. The average Bonchev–Trinajstić information content (AvgIpc) is 2.60. The smallest absolute Gasteiger partial charge is 0.870 e. The molecule has 0 bridgehead atoms. The molecule has 27 heavy (non-hydrogen) atoms. The van der Waals surface area contributed by atoms with Crippen LogP contribution in [0.2, 0.25) is 0 Å². The summed E-state index contributed by atoms with van der Waals surface area (Å²) in [6.45, 7) is 2.15. The Morgan fingerprint density at radius 2 is 1.63 bits per heavy atom. The summed E-state index contributed by atoms with van der Waals surface area (Å²) in [5.74, 6) is -0.0209. The number of benzene rings is 2. The summed E-state index contributed by atoms with van der Waals surface area (Å²) in [6, 6.07) is 11.2. The van der Waals surface area contributed by atoms with Gasteiger partial charge in [0, 0.05) is 0 Å². The molecule has 0 unspecified atom stereocenters. The van der Waals surface area contributed by atoms with Crippen molar-refractivity contribution in [2.24, 2.45) is 0 Å². The Morgan fingerprint density at radius 3 is 2.26 bits per heavy atom. The summed E-state index contributed by atoms with van der Waals surface area (Å²) < 4.78 is 38.3. The van der Waals surface area contributed by atoms with E-state index in [2.05, 4.69) is 6.92 Å². The molecule has 0 saturated carbocycles. The van der Waals surface area contributed by atoms with Gasteiger partial charge in [-0.3, -0.25) is 4.55 Å². The molecule has 0 spiro atoms. The molecule has 0 aliphatic rings. The molecular formula is C20H25KO5S. The normalized spacial score (nSPS) is 11.0. The molecule has 0 aliphatic heterocycles. The van der Waals surface area contributed by atoms with Gasteiger partial charge in [0.1, 0.15) is 11.5 Å². The van der Waals surface area contributed by atoms with E-state index in [9.17, 15) is 18.1 Å². The first-order valence-corrected chi connectivity index (χ1v) is 10.4. The summed E-state index contributed by atoms with van der Waals surface area (Å²) in [6.07, 6.45) is 6.82. The third kappa shape index (κ3) is 8.23. The fourth-order valence-electron chi connectivity index (χ4n) is 2.81. The van der Waals surface area contributed by atoms with Gasteiger partial charge in [-0.25, -0.2) is 0 Å². The monoisotopic (exact) mass is 416 g/mol. The Morgan fingerprint density at radius 1 is 1.00 bits per heavy atom. The van der Waals surface area contributed by atoms with Gasteiger partial charge in [-0.05, 0) is 42.7 Å². The second-order valence-corrected chi connectivity index (χ2v) is 7.70. The third-order valence-corrected chi connectivity index (χ3v) is 5.11. The van der Waals surface area contributed by atoms with Gasteiger partial charge >= 0.3 is 51.4 Å². The van der Waals surface area contributed by atoms with E-state index in [1.54, 1.807) is 24.3 Å². The number of ether oxygens (including phenoxy) is 1. The van der Waals surface area contributed by atoms with Gasteiger partial charge in [0.05, 0.1) is 4.90 Å². The summed E-state index contributed by atoms with van der Waals surface area (Å²) >= 11 is 0. The molecule has 0 fully saturated rings. The van der Waals surface area contributed by atoms with Crippen molar-refractivity contribution >= 4 is 10.1 Å². The van der Waals surface area contributed by atoms with E-state index in [0.29, 0.717) is 17.7 Å². The Kier molecular flexibility index (Phi) is 11.1. The predicted molar refractivity (Wildman–Crippen MR) is 99.3 cm³/mol. The van der Waals surface area contributed by atoms with Gasteiger partial charge in [-0.2, -0.15) is 8.42 Å². The molecule has 1 N–H and O–H groups in total. The maximum absolute atomic E-state index is 12.2. The van der Waals surface area contributed by atoms with Crippen LogP contribution in [0.15, 0.2) is 47.4 Å². The van der Waals surface area contributed by atoms with Crippen LogP contribution in [0.5, 0.6) is 17.2 Å². The van der Waals surface area contributed by atoms with Gasteiger partial charge in [0.15, 0.2) is 0 Å². The van der Waals surface area contributed by atoms with Gasteiger partial charge < -0.3 is 9.84 Å². The van der Waals surface area contributed by atoms with Crippen molar-refractivity contribution in [3.05, 3.63) is 48.0 Å². The van der Waals surface area contributed by atoms with Gasteiger partial charge in [-0.1, -0.05) is 63.0 Å². The van der Waals surface area contributed by atoms with E-state index in [4.69, 9.17) is 4.74 Å². The number of hydrogen-bond donors (Lipinski definition) is 1. The fraction of sp³-hybridized carbons (Fsp3) is 0.400. The molecule has 5 nitrogen and oxygen atoms in total. The van der Waals surface area contributed by atoms with E-state index in [0.717, 1.165) is 38.2 Å². The van der Waals surface area contributed by atoms with E-state index in [1.165, 1.54) is 12.5 Å². The van der Waals surface area contributed by atoms with Crippen LogP contribution in [0, 0.1) is 0 Å². The minimum Gasteiger partial charge on any atom is -0.870 e. The van der Waals surface area contributed by atoms with Crippen LogP contribution in [0.1, 0.15) is 51.0 Å². The Bertz CT molecular complexity index is 807. The molecule has 0 atom stereocenters. The van der Waals surface area contributed by atoms with Crippen LogP contribution >= 0.6 is 0 Å². The van der Waals surface area contributed by atoms with E-state index >= 15 is 0 Å². The number of para-hydroxylation sites is 1. The van der Waals surface area contributed by atoms with Crippen LogP contribution in [0.25, 0.3) is 0 Å². The standard InChI is InChI=1S/C20H26O5S.K/c1-2-3-4-5-6-8-11-16-14-19(25-17-12-9-7-10-13-17)18(21)15-20(16)26(22,23)24;/h7,9-10,12-15,21H,2-6,8,11H2,1H3,(H,22,23,24);/q;+1/p-1. The summed E-state index contributed by atoms with van der Waals surface area (Å²) in [4.78, 5) is -0.323. The zero-order valence-corrected chi connectivity index (χ0v) is 19.9. The van der Waals surface area contributed by atoms with Crippen molar-refractivity contribution in [2.75, 3.05) is 0 Å². The maximum Gasteiger partial charge on any atom is 1.00 e. The second-order valence-electron chi connectivity index (χ2n) is 6.31. The summed E-state index contributed by atoms with van der Waals surface area (Å²) in [7, 11) is -4.45. The van der Waals surface area contributed by atoms with E-state index < -0.39 is 15.9 Å². The Hall–Kier alpha value is -0.414. The van der Waals surface area contributed by atoms with E-state index in [-0.39, 0.29) is 62.0 Å². The number of aryl methyl sites for hydroxylation is 1. The van der Waals surface area contributed by atoms with Crippen molar-refractivity contribution in [1.29, 1.82) is 0 Å². The topological polar surface area (TPSA) is 86.7 Å². The van der Waals surface area contributed by atoms with Crippen LogP contribution in [-0.2, 0) is 16.5 Å². The second kappa shape index (κ2) is 12.2. The van der Waals surface area contributed by atoms with Crippen LogP contribution in [-0.4, -0.2) is 13.0 Å². The summed E-state index contributed by atoms with van der Waals surface area (Å²) in [5.41, 5.74) is 0.411. The SMILES string of the molecule is CCCCCCCCc1cc(Oc2ccccc2)c([O-])cc1S(=O)(=O)O.[K+]. The molecule has 2 aromatic rings. The minimum atomic E-state index is -4.45. The minimum absolute atomic E-state index is 0. The molecule has 7 heteroatoms. The first kappa shape index (κ1) is 24.6. The zero-order valence-electron chi connectivity index (χ0n) is 16.0. The van der Waals surface area contributed by atoms with E-state index in [1.807, 2.05) is 6.07 Å². The molecule has 0 amide bonds. The van der Waals surface area contributed by atoms with Gasteiger partial charge in [-0.15, -0.1) is 0 Å². The molecular weight excluding hydrogens is 391 g/mol. The van der Waals surface area contributed by atoms with Crippen molar-refractivity contribution in [3.63, 3.8) is 0 Å². The summed E-state index contributed by atoms with van der Waals surface area (Å²) in [5, 5.41) is 12.2. The van der Waals surface area contributed by atoms with Crippen molar-refractivity contribution in [3.8, 4) is 17.2 Å². The molecule has 142 valence electrons. The molecule has 0 aliphatic carbocycles. The van der Waals surface area contributed by atoms with Crippen molar-refractivity contribution in [1.82, 2.24) is 0 Å². The van der Waals surface area contributed by atoms with Crippen LogP contribution in [0.3, 0.4) is 0 Å². The van der Waals surface area contributed by atoms with Crippen LogP contribution < -0.4 is 61.2 Å². The number of unbranched alkanes of at least 4 members (excludes halogenated alkanes) is 5. The Labute approximate surface area is 204 Å². The molecule has 2 rings (SSSR count).